The number of unbranched alkanes of at least 4 members (excludes halogenated alkanes) is 1. The highest BCUT2D eigenvalue weighted by Gasteiger charge is 2.20. The van der Waals surface area contributed by atoms with Gasteiger partial charge < -0.3 is 20.4 Å². The second-order valence-corrected chi connectivity index (χ2v) is 6.84. The molecule has 8 nitrogen and oxygen atoms in total. The first-order valence-electron chi connectivity index (χ1n) is 8.74. The summed E-state index contributed by atoms with van der Waals surface area (Å²) in [6, 6.07) is -0.0217. The molecule has 0 aliphatic heterocycles. The molecule has 0 radical (unpaired) electrons. The molecule has 0 heterocycles. The molecule has 0 saturated heterocycles. The average Bonchev–Trinajstić information content (AvgIpc) is 2.50. The quantitative estimate of drug-likeness (QED) is 0.535. The Morgan fingerprint density at radius 2 is 1.28 bits per heavy atom. The zero-order chi connectivity index (χ0) is 19.6. The van der Waals surface area contributed by atoms with Crippen LogP contribution >= 0.6 is 0 Å². The number of nitrogens with two attached hydrogens (primary N) is 1. The Morgan fingerprint density at radius 3 is 1.72 bits per heavy atom. The first-order chi connectivity index (χ1) is 11.6. The normalized spacial score (nSPS) is 12.0. The van der Waals surface area contributed by atoms with Gasteiger partial charge >= 0.3 is 0 Å². The van der Waals surface area contributed by atoms with Crippen molar-refractivity contribution in [2.45, 2.75) is 32.7 Å². The smallest absolute Gasteiger partial charge is 0.242 e. The maximum atomic E-state index is 12.2. The topological polar surface area (TPSA) is 90.2 Å². The van der Waals surface area contributed by atoms with Crippen molar-refractivity contribution in [3.63, 3.8) is 0 Å². The van der Waals surface area contributed by atoms with Gasteiger partial charge in [-0.15, -0.1) is 0 Å². The van der Waals surface area contributed by atoms with Gasteiger partial charge in [0.1, 0.15) is 0 Å². The van der Waals surface area contributed by atoms with Crippen LogP contribution < -0.4 is 5.73 Å². The van der Waals surface area contributed by atoms with E-state index in [1.54, 1.807) is 26.0 Å². The molecular formula is C17H35N5O3. The van der Waals surface area contributed by atoms with Crippen LogP contribution in [0.25, 0.3) is 0 Å². The van der Waals surface area contributed by atoms with Crippen molar-refractivity contribution in [1.29, 1.82) is 0 Å². The summed E-state index contributed by atoms with van der Waals surface area (Å²) >= 11 is 0. The molecule has 0 aliphatic rings. The summed E-state index contributed by atoms with van der Waals surface area (Å²) in [5.74, 6) is -0.519. The molecule has 8 heteroatoms. The number of nitrogens with zero attached hydrogens (tertiary/aromatic N) is 4. The van der Waals surface area contributed by atoms with Crippen molar-refractivity contribution in [1.82, 2.24) is 19.6 Å². The van der Waals surface area contributed by atoms with Crippen LogP contribution in [0.4, 0.5) is 0 Å². The lowest BCUT2D eigenvalue weighted by molar-refractivity contribution is -0.142. The summed E-state index contributed by atoms with van der Waals surface area (Å²) < 4.78 is 0. The maximum Gasteiger partial charge on any atom is 0.242 e. The largest absolute Gasteiger partial charge is 0.344 e. The number of amides is 3. The fourth-order valence-corrected chi connectivity index (χ4v) is 2.25. The number of carbonyl (C=O) groups is 3. The van der Waals surface area contributed by atoms with Crippen LogP contribution in [0, 0.1) is 0 Å². The lowest BCUT2D eigenvalue weighted by atomic mass is 10.3. The zero-order valence-electron chi connectivity index (χ0n) is 16.6. The predicted octanol–water partition coefficient (Wildman–Crippen LogP) is -0.559. The Labute approximate surface area is 151 Å². The van der Waals surface area contributed by atoms with Crippen LogP contribution in [-0.4, -0.2) is 104 Å². The fraction of sp³-hybridized carbons (Fsp3) is 0.824. The van der Waals surface area contributed by atoms with Gasteiger partial charge in [0.25, 0.3) is 0 Å². The van der Waals surface area contributed by atoms with E-state index < -0.39 is 0 Å². The monoisotopic (exact) mass is 357 g/mol. The van der Waals surface area contributed by atoms with Crippen LogP contribution in [-0.2, 0) is 14.4 Å². The van der Waals surface area contributed by atoms with E-state index in [1.807, 2.05) is 18.9 Å². The molecule has 3 amide bonds. The molecule has 0 aromatic carbocycles. The van der Waals surface area contributed by atoms with Crippen molar-refractivity contribution in [2.75, 3.05) is 60.9 Å². The summed E-state index contributed by atoms with van der Waals surface area (Å²) in [5, 5.41) is 0. The first kappa shape index (κ1) is 23.3. The molecule has 0 saturated carbocycles. The van der Waals surface area contributed by atoms with Crippen LogP contribution in [0.15, 0.2) is 0 Å². The van der Waals surface area contributed by atoms with Gasteiger partial charge in [0, 0.05) is 40.3 Å². The van der Waals surface area contributed by atoms with Gasteiger partial charge in [-0.1, -0.05) is 13.3 Å². The molecule has 0 aromatic heterocycles. The lowest BCUT2D eigenvalue weighted by Crippen LogP contribution is -2.46. The third-order valence-electron chi connectivity index (χ3n) is 3.87. The van der Waals surface area contributed by atoms with Crippen molar-refractivity contribution in [2.24, 2.45) is 5.73 Å². The van der Waals surface area contributed by atoms with Gasteiger partial charge in [-0.3, -0.25) is 19.3 Å². The van der Waals surface area contributed by atoms with Crippen molar-refractivity contribution >= 4 is 17.7 Å². The second kappa shape index (κ2) is 11.8. The van der Waals surface area contributed by atoms with Gasteiger partial charge in [-0.2, -0.15) is 0 Å². The molecule has 0 rings (SSSR count). The summed E-state index contributed by atoms with van der Waals surface area (Å²) in [6.45, 7) is 5.39. The molecule has 2 N–H and O–H groups in total. The van der Waals surface area contributed by atoms with E-state index in [9.17, 15) is 14.4 Å². The van der Waals surface area contributed by atoms with E-state index in [1.165, 1.54) is 9.80 Å². The van der Waals surface area contributed by atoms with E-state index >= 15 is 0 Å². The minimum absolute atomic E-state index is 0.0195. The van der Waals surface area contributed by atoms with Crippen molar-refractivity contribution in [3.05, 3.63) is 0 Å². The van der Waals surface area contributed by atoms with E-state index in [4.69, 9.17) is 5.73 Å². The number of rotatable bonds is 11. The third-order valence-corrected chi connectivity index (χ3v) is 3.87. The van der Waals surface area contributed by atoms with E-state index in [0.29, 0.717) is 13.1 Å². The molecule has 0 spiro atoms. The number of carbonyl (C=O) groups excluding carboxylic acids is 3. The Kier molecular flexibility index (Phi) is 11.0. The molecule has 0 fully saturated rings. The van der Waals surface area contributed by atoms with Crippen LogP contribution in [0.1, 0.15) is 26.7 Å². The number of hydrogen-bond acceptors (Lipinski definition) is 5. The molecule has 25 heavy (non-hydrogen) atoms. The van der Waals surface area contributed by atoms with E-state index in [0.717, 1.165) is 12.8 Å². The number of likely N-dealkylation sites (N-methyl/N-ethyl adjacent to an activating group) is 4. The van der Waals surface area contributed by atoms with Crippen LogP contribution in [0.3, 0.4) is 0 Å². The molecule has 0 bridgehead atoms. The Morgan fingerprint density at radius 1 is 0.840 bits per heavy atom. The van der Waals surface area contributed by atoms with Gasteiger partial charge in [0.05, 0.1) is 19.6 Å². The zero-order valence-corrected chi connectivity index (χ0v) is 16.6. The second-order valence-electron chi connectivity index (χ2n) is 6.84. The predicted molar refractivity (Wildman–Crippen MR) is 99.0 cm³/mol. The first-order valence-corrected chi connectivity index (χ1v) is 8.74. The summed E-state index contributed by atoms with van der Waals surface area (Å²) in [6.07, 6.45) is 1.95. The van der Waals surface area contributed by atoms with E-state index in [2.05, 4.69) is 6.92 Å². The molecule has 146 valence electrons. The highest BCUT2D eigenvalue weighted by atomic mass is 16.2. The Bertz CT molecular complexity index is 442. The average molecular weight is 357 g/mol. The van der Waals surface area contributed by atoms with Crippen molar-refractivity contribution < 1.29 is 14.4 Å². The highest BCUT2D eigenvalue weighted by Crippen LogP contribution is 1.97. The van der Waals surface area contributed by atoms with Gasteiger partial charge in [-0.25, -0.2) is 0 Å². The van der Waals surface area contributed by atoms with Gasteiger partial charge in [-0.05, 0) is 20.4 Å². The van der Waals surface area contributed by atoms with Gasteiger partial charge in [0.15, 0.2) is 0 Å². The van der Waals surface area contributed by atoms with E-state index in [-0.39, 0.29) is 43.4 Å². The third kappa shape index (κ3) is 10.0. The van der Waals surface area contributed by atoms with Crippen LogP contribution in [0.2, 0.25) is 0 Å². The van der Waals surface area contributed by atoms with Crippen LogP contribution in [0.5, 0.6) is 0 Å². The highest BCUT2D eigenvalue weighted by molar-refractivity contribution is 5.88. The number of hydrogen-bond donors (Lipinski definition) is 1. The summed E-state index contributed by atoms with van der Waals surface area (Å²) in [7, 11) is 6.71. The SMILES string of the molecule is CCCCN(C)C(=O)CN(C)C(=O)CN(C)C(=O)CN(C)CC(C)N. The fourth-order valence-electron chi connectivity index (χ4n) is 2.25. The minimum Gasteiger partial charge on any atom is -0.344 e. The molecule has 0 aliphatic carbocycles. The summed E-state index contributed by atoms with van der Waals surface area (Å²) in [4.78, 5) is 42.6. The standard InChI is InChI=1S/C17H35N5O3/c1-7-8-9-20(4)16(24)12-22(6)17(25)13-21(5)15(23)11-19(3)10-14(2)18/h14H,7-13,18H2,1-6H3. The molecular weight excluding hydrogens is 322 g/mol. The van der Waals surface area contributed by atoms with Crippen molar-refractivity contribution in [3.8, 4) is 0 Å². The summed E-state index contributed by atoms with van der Waals surface area (Å²) in [5.41, 5.74) is 5.70. The van der Waals surface area contributed by atoms with Gasteiger partial charge in [0.2, 0.25) is 17.7 Å². The molecule has 1 atom stereocenters. The maximum absolute atomic E-state index is 12.2. The lowest BCUT2D eigenvalue weighted by Gasteiger charge is -2.25. The molecule has 1 unspecified atom stereocenters. The Balaban J connectivity index is 4.36. The molecule has 0 aromatic rings. The Hall–Kier alpha value is -1.67. The minimum atomic E-state index is -0.261.